The number of aromatic nitrogens is 2. The summed E-state index contributed by atoms with van der Waals surface area (Å²) in [5.41, 5.74) is 1.37. The van der Waals surface area contributed by atoms with Crippen LogP contribution in [0.4, 0.5) is 29.5 Å². The van der Waals surface area contributed by atoms with Crippen molar-refractivity contribution in [2.45, 2.75) is 52.4 Å². The molecule has 1 saturated heterocycles. The zero-order valence-corrected chi connectivity index (χ0v) is 26.1. The fourth-order valence-electron chi connectivity index (χ4n) is 4.40. The van der Waals surface area contributed by atoms with Gasteiger partial charge < -0.3 is 19.7 Å². The fraction of sp³-hybridized carbons (Fsp3) is 0.394. The van der Waals surface area contributed by atoms with Crippen molar-refractivity contribution in [3.63, 3.8) is 0 Å². The van der Waals surface area contributed by atoms with E-state index < -0.39 is 35.5 Å². The average Bonchev–Trinajstić information content (AvgIpc) is 2.99. The van der Waals surface area contributed by atoms with Gasteiger partial charge in [0.1, 0.15) is 22.8 Å². The van der Waals surface area contributed by atoms with Crippen LogP contribution in [0.3, 0.4) is 0 Å². The highest BCUT2D eigenvalue weighted by Crippen LogP contribution is 2.31. The van der Waals surface area contributed by atoms with E-state index in [0.29, 0.717) is 49.6 Å². The van der Waals surface area contributed by atoms with E-state index in [9.17, 15) is 22.8 Å². The van der Waals surface area contributed by atoms with Crippen LogP contribution in [0.25, 0.3) is 11.1 Å². The largest absolute Gasteiger partial charge is 0.444 e. The molecule has 3 heterocycles. The molecule has 2 aromatic heterocycles. The summed E-state index contributed by atoms with van der Waals surface area (Å²) in [5, 5.41) is 2.69. The highest BCUT2D eigenvalue weighted by atomic mass is 19.4. The molecule has 4 rings (SSSR count). The number of benzene rings is 1. The minimum absolute atomic E-state index is 0.166. The second kappa shape index (κ2) is 13.6. The Hall–Kier alpha value is -4.63. The van der Waals surface area contributed by atoms with Gasteiger partial charge in [-0.25, -0.2) is 9.78 Å². The standard InChI is InChI=1S/C33H36F3N5O4/c1-21-7-9-26(39-30(42)23-11-12-37-28(18-23)33(34,35)36)20-27(21)24-17-25(38-29(19-24)41-13-15-44-16-14-41)10-8-22(2)40(6)31(43)45-32(3,4)5/h7,9,11-12,17-20,22H,13-16H2,1-6H3,(H,39,42)/t22-/m1/s1. The van der Waals surface area contributed by atoms with Crippen molar-refractivity contribution in [1.29, 1.82) is 0 Å². The number of anilines is 2. The minimum atomic E-state index is -4.67. The number of carbonyl (C=O) groups excluding carboxylic acids is 2. The lowest BCUT2D eigenvalue weighted by Crippen LogP contribution is -2.38. The summed E-state index contributed by atoms with van der Waals surface area (Å²) in [7, 11) is 1.62. The normalized spacial score (nSPS) is 14.2. The number of hydrogen-bond acceptors (Lipinski definition) is 7. The first-order chi connectivity index (χ1) is 21.1. The number of morpholine rings is 1. The summed E-state index contributed by atoms with van der Waals surface area (Å²) >= 11 is 0. The quantitative estimate of drug-likeness (QED) is 0.340. The van der Waals surface area contributed by atoms with E-state index in [4.69, 9.17) is 14.5 Å². The number of amides is 2. The van der Waals surface area contributed by atoms with Crippen molar-refractivity contribution in [2.24, 2.45) is 0 Å². The molecule has 1 aromatic carbocycles. The molecule has 2 amide bonds. The Labute approximate surface area is 260 Å². The molecular weight excluding hydrogens is 587 g/mol. The van der Waals surface area contributed by atoms with Crippen molar-refractivity contribution in [1.82, 2.24) is 14.9 Å². The number of halogens is 3. The summed E-state index contributed by atoms with van der Waals surface area (Å²) in [6, 6.07) is 10.5. The number of rotatable bonds is 5. The maximum Gasteiger partial charge on any atom is 0.433 e. The number of ether oxygens (including phenoxy) is 2. The SMILES string of the molecule is Cc1ccc(NC(=O)c2ccnc(C(F)(F)F)c2)cc1-c1cc(C#C[C@@H](C)N(C)C(=O)OC(C)(C)C)nc(N2CCOCC2)c1. The second-order valence-corrected chi connectivity index (χ2v) is 11.6. The van der Waals surface area contributed by atoms with Gasteiger partial charge in [0, 0.05) is 37.6 Å². The number of pyridine rings is 2. The van der Waals surface area contributed by atoms with E-state index in [2.05, 4.69) is 27.0 Å². The molecule has 0 spiro atoms. The van der Waals surface area contributed by atoms with Gasteiger partial charge in [-0.2, -0.15) is 13.2 Å². The molecule has 1 aliphatic heterocycles. The van der Waals surface area contributed by atoms with E-state index in [-0.39, 0.29) is 5.56 Å². The lowest BCUT2D eigenvalue weighted by Gasteiger charge is -2.28. The Balaban J connectivity index is 1.66. The first-order valence-electron chi connectivity index (χ1n) is 14.4. The van der Waals surface area contributed by atoms with Crippen molar-refractivity contribution in [2.75, 3.05) is 43.6 Å². The smallest absolute Gasteiger partial charge is 0.433 e. The van der Waals surface area contributed by atoms with E-state index in [0.717, 1.165) is 22.9 Å². The summed E-state index contributed by atoms with van der Waals surface area (Å²) in [6.45, 7) is 11.5. The van der Waals surface area contributed by atoms with Gasteiger partial charge in [0.25, 0.3) is 5.91 Å². The molecule has 1 atom stereocenters. The highest BCUT2D eigenvalue weighted by Gasteiger charge is 2.33. The summed E-state index contributed by atoms with van der Waals surface area (Å²) in [6.07, 6.45) is -4.20. The van der Waals surface area contributed by atoms with Gasteiger partial charge in [0.05, 0.1) is 19.3 Å². The van der Waals surface area contributed by atoms with Crippen LogP contribution in [0.1, 0.15) is 55.0 Å². The van der Waals surface area contributed by atoms with Crippen molar-refractivity contribution in [3.05, 3.63) is 71.2 Å². The van der Waals surface area contributed by atoms with Crippen LogP contribution in [-0.2, 0) is 15.7 Å². The molecule has 1 fully saturated rings. The first kappa shape index (κ1) is 33.3. The predicted octanol–water partition coefficient (Wildman–Crippen LogP) is 6.17. The van der Waals surface area contributed by atoms with Crippen LogP contribution in [0, 0.1) is 18.8 Å². The Morgan fingerprint density at radius 3 is 2.47 bits per heavy atom. The van der Waals surface area contributed by atoms with Gasteiger partial charge in [0.15, 0.2) is 0 Å². The van der Waals surface area contributed by atoms with Gasteiger partial charge in [-0.15, -0.1) is 0 Å². The van der Waals surface area contributed by atoms with Crippen LogP contribution in [0.2, 0.25) is 0 Å². The van der Waals surface area contributed by atoms with Crippen LogP contribution < -0.4 is 10.2 Å². The molecular formula is C33H36F3N5O4. The molecule has 45 heavy (non-hydrogen) atoms. The third kappa shape index (κ3) is 8.95. The number of nitrogens with zero attached hydrogens (tertiary/aromatic N) is 4. The number of nitrogens with one attached hydrogen (secondary N) is 1. The number of alkyl halides is 3. The van der Waals surface area contributed by atoms with Gasteiger partial charge in [-0.1, -0.05) is 12.0 Å². The lowest BCUT2D eigenvalue weighted by atomic mass is 9.99. The molecule has 0 radical (unpaired) electrons. The molecule has 0 unspecified atom stereocenters. The third-order valence-corrected chi connectivity index (χ3v) is 6.94. The Morgan fingerprint density at radius 1 is 1.09 bits per heavy atom. The third-order valence-electron chi connectivity index (χ3n) is 6.94. The van der Waals surface area contributed by atoms with Crippen LogP contribution in [-0.4, -0.2) is 71.9 Å². The molecule has 1 aliphatic rings. The Bertz CT molecular complexity index is 1620. The van der Waals surface area contributed by atoms with Crippen LogP contribution >= 0.6 is 0 Å². The van der Waals surface area contributed by atoms with Gasteiger partial charge in [-0.05, 0) is 93.6 Å². The number of carbonyl (C=O) groups is 2. The van der Waals surface area contributed by atoms with Crippen molar-refractivity contribution >= 4 is 23.5 Å². The number of aryl methyl sites for hydroxylation is 1. The maximum atomic E-state index is 13.1. The zero-order valence-electron chi connectivity index (χ0n) is 26.1. The fourth-order valence-corrected chi connectivity index (χ4v) is 4.40. The summed E-state index contributed by atoms with van der Waals surface area (Å²) < 4.78 is 50.4. The lowest BCUT2D eigenvalue weighted by molar-refractivity contribution is -0.141. The van der Waals surface area contributed by atoms with Crippen molar-refractivity contribution < 1.29 is 32.2 Å². The van der Waals surface area contributed by atoms with Crippen molar-refractivity contribution in [3.8, 4) is 23.0 Å². The Kier molecular flexibility index (Phi) is 10.0. The minimum Gasteiger partial charge on any atom is -0.444 e. The van der Waals surface area contributed by atoms with E-state index >= 15 is 0 Å². The van der Waals surface area contributed by atoms with Gasteiger partial charge >= 0.3 is 12.3 Å². The summed E-state index contributed by atoms with van der Waals surface area (Å²) in [5.74, 6) is 6.18. The van der Waals surface area contributed by atoms with E-state index in [1.54, 1.807) is 46.9 Å². The molecule has 0 aliphatic carbocycles. The molecule has 0 saturated carbocycles. The van der Waals surface area contributed by atoms with E-state index in [1.807, 2.05) is 25.1 Å². The Morgan fingerprint density at radius 2 is 1.80 bits per heavy atom. The average molecular weight is 624 g/mol. The topological polar surface area (TPSA) is 96.9 Å². The molecule has 0 bridgehead atoms. The van der Waals surface area contributed by atoms with Gasteiger partial charge in [0.2, 0.25) is 0 Å². The highest BCUT2D eigenvalue weighted by molar-refractivity contribution is 6.04. The number of hydrogen-bond donors (Lipinski definition) is 1. The predicted molar refractivity (Wildman–Crippen MR) is 165 cm³/mol. The van der Waals surface area contributed by atoms with Crippen LogP contribution in [0.5, 0.6) is 0 Å². The zero-order chi connectivity index (χ0) is 32.9. The van der Waals surface area contributed by atoms with E-state index in [1.165, 1.54) is 11.0 Å². The molecule has 1 N–H and O–H groups in total. The molecule has 3 aromatic rings. The molecule has 9 nitrogen and oxygen atoms in total. The first-order valence-corrected chi connectivity index (χ1v) is 14.4. The summed E-state index contributed by atoms with van der Waals surface area (Å²) in [4.78, 5) is 37.0. The maximum absolute atomic E-state index is 13.1. The molecule has 238 valence electrons. The van der Waals surface area contributed by atoms with Crippen LogP contribution in [0.15, 0.2) is 48.7 Å². The van der Waals surface area contributed by atoms with Gasteiger partial charge in [-0.3, -0.25) is 14.7 Å². The molecule has 12 heteroatoms. The monoisotopic (exact) mass is 623 g/mol. The second-order valence-electron chi connectivity index (χ2n) is 11.6.